The molecule has 3 rings (SSSR count). The van der Waals surface area contributed by atoms with Crippen molar-refractivity contribution in [3.63, 3.8) is 0 Å². The molecule has 2 fully saturated rings. The van der Waals surface area contributed by atoms with Crippen LogP contribution in [0.1, 0.15) is 12.8 Å². The number of piperidine rings is 1. The Morgan fingerprint density at radius 1 is 1.42 bits per heavy atom. The summed E-state index contributed by atoms with van der Waals surface area (Å²) in [6, 6.07) is 3.14. The van der Waals surface area contributed by atoms with Crippen LogP contribution in [0, 0.1) is 0 Å². The van der Waals surface area contributed by atoms with Crippen LogP contribution in [0.25, 0.3) is 0 Å². The minimum Gasteiger partial charge on any atom is -0.363 e. The lowest BCUT2D eigenvalue weighted by Gasteiger charge is -2.43. The number of sulfonamides is 1. The van der Waals surface area contributed by atoms with Gasteiger partial charge < -0.3 is 15.0 Å². The Morgan fingerprint density at radius 2 is 2.17 bits per heavy atom. The number of carbonyl (C=O) groups excluding carboxylic acids is 2. The Balaban J connectivity index is 1.50. The Morgan fingerprint density at radius 3 is 2.75 bits per heavy atom. The van der Waals surface area contributed by atoms with Crippen LogP contribution in [0.5, 0.6) is 0 Å². The van der Waals surface area contributed by atoms with Crippen LogP contribution >= 0.6 is 11.3 Å². The van der Waals surface area contributed by atoms with E-state index in [1.165, 1.54) is 6.07 Å². The molecule has 1 aromatic rings. The predicted molar refractivity (Wildman–Crippen MR) is 87.0 cm³/mol. The van der Waals surface area contributed by atoms with Gasteiger partial charge in [0.1, 0.15) is 10.8 Å². The monoisotopic (exact) mass is 373 g/mol. The zero-order valence-corrected chi connectivity index (χ0v) is 14.6. The van der Waals surface area contributed by atoms with Gasteiger partial charge in [-0.3, -0.25) is 9.59 Å². The maximum Gasteiger partial charge on any atom is 0.250 e. The fourth-order valence-electron chi connectivity index (χ4n) is 2.82. The molecule has 0 aliphatic carbocycles. The summed E-state index contributed by atoms with van der Waals surface area (Å²) in [6.07, 6.45) is 1.24. The molecule has 0 aromatic carbocycles. The van der Waals surface area contributed by atoms with Crippen LogP contribution < -0.4 is 10.0 Å². The Labute approximate surface area is 144 Å². The van der Waals surface area contributed by atoms with Crippen LogP contribution in [-0.4, -0.2) is 63.5 Å². The molecule has 2 amide bonds. The summed E-state index contributed by atoms with van der Waals surface area (Å²) in [5.74, 6) is -0.382. The van der Waals surface area contributed by atoms with Gasteiger partial charge in [0.15, 0.2) is 0 Å². The maximum absolute atomic E-state index is 12.2. The van der Waals surface area contributed by atoms with E-state index in [0.717, 1.165) is 11.3 Å². The van der Waals surface area contributed by atoms with Gasteiger partial charge in [0.05, 0.1) is 12.1 Å². The van der Waals surface area contributed by atoms with Crippen molar-refractivity contribution in [1.82, 2.24) is 14.9 Å². The number of amides is 2. The molecule has 8 nitrogen and oxygen atoms in total. The van der Waals surface area contributed by atoms with Crippen LogP contribution in [0.15, 0.2) is 21.7 Å². The van der Waals surface area contributed by atoms with Crippen molar-refractivity contribution < 1.29 is 22.7 Å². The highest BCUT2D eigenvalue weighted by molar-refractivity contribution is 7.91. The summed E-state index contributed by atoms with van der Waals surface area (Å²) in [7, 11) is -3.63. The number of likely N-dealkylation sites (tertiary alicyclic amines) is 1. The van der Waals surface area contributed by atoms with Crippen LogP contribution in [0.2, 0.25) is 0 Å². The van der Waals surface area contributed by atoms with Gasteiger partial charge in [-0.1, -0.05) is 6.07 Å². The first kappa shape index (κ1) is 17.3. The lowest BCUT2D eigenvalue weighted by Crippen LogP contribution is -2.58. The number of carbonyl (C=O) groups is 2. The summed E-state index contributed by atoms with van der Waals surface area (Å²) in [6.45, 7) is 1.21. The second-order valence-electron chi connectivity index (χ2n) is 5.89. The highest BCUT2D eigenvalue weighted by atomic mass is 32.2. The summed E-state index contributed by atoms with van der Waals surface area (Å²) in [5, 5.41) is 4.46. The van der Waals surface area contributed by atoms with Crippen LogP contribution in [-0.2, 0) is 24.3 Å². The van der Waals surface area contributed by atoms with E-state index < -0.39 is 15.6 Å². The second-order valence-corrected chi connectivity index (χ2v) is 8.83. The topological polar surface area (TPSA) is 105 Å². The molecule has 2 aliphatic heterocycles. The highest BCUT2D eigenvalue weighted by Gasteiger charge is 2.39. The normalized spacial score (nSPS) is 20.8. The van der Waals surface area contributed by atoms with Gasteiger partial charge in [-0.15, -0.1) is 11.3 Å². The number of rotatable bonds is 4. The molecule has 132 valence electrons. The zero-order chi connectivity index (χ0) is 17.2. The van der Waals surface area contributed by atoms with Crippen molar-refractivity contribution in [2.24, 2.45) is 0 Å². The molecule has 1 aromatic heterocycles. The Hall–Kier alpha value is -1.49. The quantitative estimate of drug-likeness (QED) is 0.743. The van der Waals surface area contributed by atoms with E-state index in [4.69, 9.17) is 4.74 Å². The number of nitrogens with one attached hydrogen (secondary N) is 2. The molecule has 3 heterocycles. The average molecular weight is 373 g/mol. The summed E-state index contributed by atoms with van der Waals surface area (Å²) in [4.78, 5) is 25.0. The molecule has 0 saturated carbocycles. The molecule has 0 bridgehead atoms. The molecule has 0 unspecified atom stereocenters. The van der Waals surface area contributed by atoms with Crippen molar-refractivity contribution >= 4 is 33.2 Å². The van der Waals surface area contributed by atoms with E-state index in [2.05, 4.69) is 10.0 Å². The number of ether oxygens (including phenoxy) is 1. The fourth-order valence-corrected chi connectivity index (χ4v) is 4.83. The molecule has 0 radical (unpaired) electrons. The molecule has 2 aliphatic rings. The van der Waals surface area contributed by atoms with Gasteiger partial charge in [-0.2, -0.15) is 0 Å². The molecular weight excluding hydrogens is 354 g/mol. The van der Waals surface area contributed by atoms with E-state index in [0.29, 0.717) is 32.5 Å². The van der Waals surface area contributed by atoms with Gasteiger partial charge in [-0.05, 0) is 24.3 Å². The van der Waals surface area contributed by atoms with E-state index >= 15 is 0 Å². The first-order chi connectivity index (χ1) is 11.4. The van der Waals surface area contributed by atoms with Gasteiger partial charge in [0, 0.05) is 19.6 Å². The third kappa shape index (κ3) is 3.77. The van der Waals surface area contributed by atoms with Crippen molar-refractivity contribution in [3.8, 4) is 0 Å². The minimum atomic E-state index is -3.63. The van der Waals surface area contributed by atoms with Crippen LogP contribution in [0.3, 0.4) is 0 Å². The van der Waals surface area contributed by atoms with Gasteiger partial charge in [0.2, 0.25) is 11.8 Å². The fraction of sp³-hybridized carbons (Fsp3) is 0.571. The summed E-state index contributed by atoms with van der Waals surface area (Å²) >= 11 is 1.11. The smallest absolute Gasteiger partial charge is 0.250 e. The molecule has 2 N–H and O–H groups in total. The Bertz CT molecular complexity index is 697. The second kappa shape index (κ2) is 6.79. The third-order valence-electron chi connectivity index (χ3n) is 4.32. The standard InChI is InChI=1S/C14H19N3O5S2/c18-11-9-22-14(10-15-11)3-5-17(6-4-14)12(19)8-16-24(20,21)13-2-1-7-23-13/h1-2,7,16H,3-6,8-10H2,(H,15,18). The first-order valence-electron chi connectivity index (χ1n) is 7.62. The number of nitrogens with zero attached hydrogens (tertiary/aromatic N) is 1. The zero-order valence-electron chi connectivity index (χ0n) is 13.0. The molecule has 1 spiro atoms. The minimum absolute atomic E-state index is 0.0502. The van der Waals surface area contributed by atoms with Crippen molar-refractivity contribution in [2.45, 2.75) is 22.7 Å². The lowest BCUT2D eigenvalue weighted by atomic mass is 9.90. The first-order valence-corrected chi connectivity index (χ1v) is 9.98. The third-order valence-corrected chi connectivity index (χ3v) is 7.12. The molecular formula is C14H19N3O5S2. The highest BCUT2D eigenvalue weighted by Crippen LogP contribution is 2.27. The van der Waals surface area contributed by atoms with Crippen molar-refractivity contribution in [3.05, 3.63) is 17.5 Å². The van der Waals surface area contributed by atoms with Crippen molar-refractivity contribution in [2.75, 3.05) is 32.8 Å². The number of hydrogen-bond donors (Lipinski definition) is 2. The van der Waals surface area contributed by atoms with E-state index in [1.807, 2.05) is 0 Å². The summed E-state index contributed by atoms with van der Waals surface area (Å²) in [5.41, 5.74) is -0.402. The van der Waals surface area contributed by atoms with Gasteiger partial charge in [-0.25, -0.2) is 13.1 Å². The average Bonchev–Trinajstić information content (AvgIpc) is 3.12. The maximum atomic E-state index is 12.2. The van der Waals surface area contributed by atoms with Crippen LogP contribution in [0.4, 0.5) is 0 Å². The number of hydrogen-bond acceptors (Lipinski definition) is 6. The Kier molecular flexibility index (Phi) is 4.90. The number of thiophene rings is 1. The molecule has 2 saturated heterocycles. The molecule has 24 heavy (non-hydrogen) atoms. The van der Waals surface area contributed by atoms with Gasteiger partial charge >= 0.3 is 0 Å². The predicted octanol–water partition coefficient (Wildman–Crippen LogP) is -0.466. The largest absolute Gasteiger partial charge is 0.363 e. The molecule has 10 heteroatoms. The van der Waals surface area contributed by atoms with E-state index in [1.54, 1.807) is 16.3 Å². The molecule has 0 atom stereocenters. The van der Waals surface area contributed by atoms with E-state index in [-0.39, 0.29) is 29.2 Å². The van der Waals surface area contributed by atoms with Gasteiger partial charge in [0.25, 0.3) is 10.0 Å². The lowest BCUT2D eigenvalue weighted by molar-refractivity contribution is -0.154. The van der Waals surface area contributed by atoms with E-state index in [9.17, 15) is 18.0 Å². The number of morpholine rings is 1. The SMILES string of the molecule is O=C1COC2(CCN(C(=O)CNS(=O)(=O)c3cccs3)CC2)CN1. The van der Waals surface area contributed by atoms with Crippen molar-refractivity contribution in [1.29, 1.82) is 0 Å². The summed E-state index contributed by atoms with van der Waals surface area (Å²) < 4.78 is 32.2.